The number of carboxylic acid groups (broad SMARTS) is 1. The molecule has 8 heteroatoms. The first-order chi connectivity index (χ1) is 8.49. The van der Waals surface area contributed by atoms with Gasteiger partial charge in [-0.3, -0.25) is 14.5 Å². The Morgan fingerprint density at radius 1 is 1.61 bits per heavy atom. The van der Waals surface area contributed by atoms with Gasteiger partial charge in [0, 0.05) is 13.5 Å². The van der Waals surface area contributed by atoms with Crippen LogP contribution in [0.15, 0.2) is 6.20 Å². The van der Waals surface area contributed by atoms with Crippen molar-refractivity contribution in [2.24, 2.45) is 0 Å². The van der Waals surface area contributed by atoms with Crippen molar-refractivity contribution in [2.75, 3.05) is 12.4 Å². The molecule has 0 bridgehead atoms. The third-order valence-corrected chi connectivity index (χ3v) is 3.58. The molecule has 1 unspecified atom stereocenters. The SMILES string of the molecule is CN1C(=O)CCC(Nc2ncc(C(=O)O)s2)C1=O. The van der Waals surface area contributed by atoms with E-state index in [1.807, 2.05) is 0 Å². The lowest BCUT2D eigenvalue weighted by atomic mass is 10.1. The molecule has 96 valence electrons. The van der Waals surface area contributed by atoms with Crippen LogP contribution in [0, 0.1) is 0 Å². The van der Waals surface area contributed by atoms with Gasteiger partial charge in [-0.05, 0) is 6.42 Å². The Bertz CT molecular complexity index is 513. The number of likely N-dealkylation sites (N-methyl/N-ethyl adjacent to an activating group) is 1. The number of hydrogen-bond donors (Lipinski definition) is 2. The average molecular weight is 269 g/mol. The summed E-state index contributed by atoms with van der Waals surface area (Å²) in [6.07, 6.45) is 1.92. The minimum atomic E-state index is -1.05. The zero-order valence-corrected chi connectivity index (χ0v) is 10.4. The summed E-state index contributed by atoms with van der Waals surface area (Å²) >= 11 is 0.961. The number of likely N-dealkylation sites (tertiary alicyclic amines) is 1. The minimum absolute atomic E-state index is 0.102. The fourth-order valence-corrected chi connectivity index (χ4v) is 2.35. The molecule has 0 radical (unpaired) electrons. The molecular weight excluding hydrogens is 258 g/mol. The van der Waals surface area contributed by atoms with Gasteiger partial charge in [-0.25, -0.2) is 9.78 Å². The lowest BCUT2D eigenvalue weighted by Crippen LogP contribution is -2.48. The second-order valence-electron chi connectivity index (χ2n) is 3.86. The van der Waals surface area contributed by atoms with Gasteiger partial charge in [-0.1, -0.05) is 11.3 Å². The summed E-state index contributed by atoms with van der Waals surface area (Å²) in [5.74, 6) is -1.58. The Balaban J connectivity index is 2.07. The number of nitrogens with zero attached hydrogens (tertiary/aromatic N) is 2. The van der Waals surface area contributed by atoms with E-state index < -0.39 is 12.0 Å². The van der Waals surface area contributed by atoms with Gasteiger partial charge in [-0.15, -0.1) is 0 Å². The van der Waals surface area contributed by atoms with Crippen molar-refractivity contribution in [3.05, 3.63) is 11.1 Å². The molecule has 1 fully saturated rings. The summed E-state index contributed by atoms with van der Waals surface area (Å²) < 4.78 is 0. The third kappa shape index (κ3) is 2.33. The Labute approximate surface area is 106 Å². The number of aromatic nitrogens is 1. The van der Waals surface area contributed by atoms with E-state index in [1.54, 1.807) is 0 Å². The standard InChI is InChI=1S/C10H11N3O4S/c1-13-7(14)3-2-5(8(13)15)12-10-11-4-6(18-10)9(16)17/h4-5H,2-3H2,1H3,(H,11,12)(H,16,17). The first-order valence-electron chi connectivity index (χ1n) is 5.25. The van der Waals surface area contributed by atoms with Crippen molar-refractivity contribution in [1.82, 2.24) is 9.88 Å². The highest BCUT2D eigenvalue weighted by atomic mass is 32.1. The van der Waals surface area contributed by atoms with Crippen LogP contribution in [0.5, 0.6) is 0 Å². The summed E-state index contributed by atoms with van der Waals surface area (Å²) in [6, 6.07) is -0.527. The average Bonchev–Trinajstić information content (AvgIpc) is 2.79. The van der Waals surface area contributed by atoms with E-state index in [0.29, 0.717) is 11.6 Å². The molecule has 2 N–H and O–H groups in total. The molecule has 2 heterocycles. The number of piperidine rings is 1. The number of anilines is 1. The zero-order valence-electron chi connectivity index (χ0n) is 9.54. The van der Waals surface area contributed by atoms with E-state index >= 15 is 0 Å². The van der Waals surface area contributed by atoms with Crippen molar-refractivity contribution in [2.45, 2.75) is 18.9 Å². The van der Waals surface area contributed by atoms with Crippen LogP contribution in [0.25, 0.3) is 0 Å². The van der Waals surface area contributed by atoms with Crippen LogP contribution in [0.2, 0.25) is 0 Å². The zero-order chi connectivity index (χ0) is 13.3. The van der Waals surface area contributed by atoms with Crippen LogP contribution in [-0.4, -0.2) is 45.9 Å². The van der Waals surface area contributed by atoms with E-state index in [1.165, 1.54) is 13.2 Å². The Morgan fingerprint density at radius 3 is 2.94 bits per heavy atom. The van der Waals surface area contributed by atoms with E-state index in [9.17, 15) is 14.4 Å². The summed E-state index contributed by atoms with van der Waals surface area (Å²) in [4.78, 5) is 38.8. The molecule has 0 spiro atoms. The number of nitrogens with one attached hydrogen (secondary N) is 1. The maximum absolute atomic E-state index is 11.8. The Morgan fingerprint density at radius 2 is 2.33 bits per heavy atom. The second-order valence-corrected chi connectivity index (χ2v) is 4.89. The van der Waals surface area contributed by atoms with Crippen LogP contribution in [-0.2, 0) is 9.59 Å². The van der Waals surface area contributed by atoms with Crippen molar-refractivity contribution in [3.63, 3.8) is 0 Å². The molecule has 0 aromatic carbocycles. The number of rotatable bonds is 3. The van der Waals surface area contributed by atoms with Crippen molar-refractivity contribution in [1.29, 1.82) is 0 Å². The number of thiazole rings is 1. The Kier molecular flexibility index (Phi) is 3.28. The van der Waals surface area contributed by atoms with Gasteiger partial charge in [0.2, 0.25) is 5.91 Å². The molecule has 18 heavy (non-hydrogen) atoms. The maximum Gasteiger partial charge on any atom is 0.347 e. The van der Waals surface area contributed by atoms with E-state index in [0.717, 1.165) is 16.2 Å². The topological polar surface area (TPSA) is 99.6 Å². The van der Waals surface area contributed by atoms with Crippen LogP contribution >= 0.6 is 11.3 Å². The van der Waals surface area contributed by atoms with E-state index in [2.05, 4.69) is 10.3 Å². The van der Waals surface area contributed by atoms with Crippen molar-refractivity contribution < 1.29 is 19.5 Å². The summed E-state index contributed by atoms with van der Waals surface area (Å²) in [6.45, 7) is 0. The molecular formula is C10H11N3O4S. The smallest absolute Gasteiger partial charge is 0.347 e. The molecule has 2 amide bonds. The molecule has 1 saturated heterocycles. The van der Waals surface area contributed by atoms with Gasteiger partial charge < -0.3 is 10.4 Å². The molecule has 2 rings (SSSR count). The minimum Gasteiger partial charge on any atom is -0.477 e. The van der Waals surface area contributed by atoms with Crippen molar-refractivity contribution in [3.8, 4) is 0 Å². The molecule has 0 saturated carbocycles. The quantitative estimate of drug-likeness (QED) is 0.770. The van der Waals surface area contributed by atoms with Crippen LogP contribution in [0.4, 0.5) is 5.13 Å². The lowest BCUT2D eigenvalue weighted by molar-refractivity contribution is -0.146. The van der Waals surface area contributed by atoms with E-state index in [-0.39, 0.29) is 23.1 Å². The number of carbonyl (C=O) groups is 3. The van der Waals surface area contributed by atoms with E-state index in [4.69, 9.17) is 5.11 Å². The molecule has 1 atom stereocenters. The fraction of sp³-hybridized carbons (Fsp3) is 0.400. The predicted octanol–water partition coefficient (Wildman–Crippen LogP) is 0.401. The fourth-order valence-electron chi connectivity index (χ4n) is 1.64. The van der Waals surface area contributed by atoms with Gasteiger partial charge in [0.15, 0.2) is 5.13 Å². The number of amides is 2. The van der Waals surface area contributed by atoms with Crippen molar-refractivity contribution >= 4 is 34.3 Å². The number of hydrogen-bond acceptors (Lipinski definition) is 6. The molecule has 1 aliphatic rings. The molecule has 0 aliphatic carbocycles. The molecule has 1 aliphatic heterocycles. The summed E-state index contributed by atoms with van der Waals surface area (Å²) in [7, 11) is 1.43. The monoisotopic (exact) mass is 269 g/mol. The van der Waals surface area contributed by atoms with Crippen LogP contribution in [0.3, 0.4) is 0 Å². The third-order valence-electron chi connectivity index (χ3n) is 2.66. The van der Waals surface area contributed by atoms with Crippen LogP contribution in [0.1, 0.15) is 22.5 Å². The number of carbonyl (C=O) groups excluding carboxylic acids is 2. The van der Waals surface area contributed by atoms with Gasteiger partial charge in [0.25, 0.3) is 5.91 Å². The lowest BCUT2D eigenvalue weighted by Gasteiger charge is -2.27. The number of aromatic carboxylic acids is 1. The first kappa shape index (κ1) is 12.5. The molecule has 1 aromatic heterocycles. The van der Waals surface area contributed by atoms with Gasteiger partial charge in [-0.2, -0.15) is 0 Å². The summed E-state index contributed by atoms with van der Waals surface area (Å²) in [5.41, 5.74) is 0. The molecule has 1 aromatic rings. The first-order valence-corrected chi connectivity index (χ1v) is 6.06. The normalized spacial score (nSPS) is 20.1. The largest absolute Gasteiger partial charge is 0.477 e. The highest BCUT2D eigenvalue weighted by molar-refractivity contribution is 7.17. The highest BCUT2D eigenvalue weighted by Crippen LogP contribution is 2.22. The van der Waals surface area contributed by atoms with Gasteiger partial charge >= 0.3 is 5.97 Å². The number of imide groups is 1. The van der Waals surface area contributed by atoms with Crippen LogP contribution < -0.4 is 5.32 Å². The second kappa shape index (κ2) is 4.73. The highest BCUT2D eigenvalue weighted by Gasteiger charge is 2.32. The predicted molar refractivity (Wildman–Crippen MR) is 63.5 cm³/mol. The van der Waals surface area contributed by atoms with Gasteiger partial charge in [0.05, 0.1) is 6.20 Å². The molecule has 7 nitrogen and oxygen atoms in total. The maximum atomic E-state index is 11.8. The number of carboxylic acids is 1. The van der Waals surface area contributed by atoms with Gasteiger partial charge in [0.1, 0.15) is 10.9 Å². The Hall–Kier alpha value is -1.96. The summed E-state index contributed by atoms with van der Waals surface area (Å²) in [5, 5.41) is 12.0.